The molecule has 4 heterocycles. The number of aliphatic hydroxyl groups excluding tert-OH is 1. The number of hydrogen-bond acceptors (Lipinski definition) is 7. The van der Waals surface area contributed by atoms with Gasteiger partial charge >= 0.3 is 6.01 Å². The number of aliphatic hydroxyl groups is 1. The number of piperazine rings is 1. The van der Waals surface area contributed by atoms with Crippen molar-refractivity contribution in [3.63, 3.8) is 0 Å². The summed E-state index contributed by atoms with van der Waals surface area (Å²) in [6.07, 6.45) is 8.84. The SMILES string of the molecule is C=C/C(O)=C\c1ccccc1Cc1c(Cl)cc2c(N3CC4CCC(C3)N4)nc(OCCCN3CCCC3)nc2c1F. The third-order valence-corrected chi connectivity index (χ3v) is 8.77. The zero-order valence-electron chi connectivity index (χ0n) is 23.3. The summed E-state index contributed by atoms with van der Waals surface area (Å²) in [4.78, 5) is 14.1. The van der Waals surface area contributed by atoms with Gasteiger partial charge in [-0.25, -0.2) is 4.39 Å². The minimum Gasteiger partial charge on any atom is -0.508 e. The van der Waals surface area contributed by atoms with Gasteiger partial charge in [-0.3, -0.25) is 0 Å². The summed E-state index contributed by atoms with van der Waals surface area (Å²) in [5.74, 6) is 0.244. The first-order valence-corrected chi connectivity index (χ1v) is 15.0. The van der Waals surface area contributed by atoms with E-state index in [1.165, 1.54) is 18.9 Å². The maximum absolute atomic E-state index is 16.4. The number of allylic oxidation sites excluding steroid dienone is 1. The number of likely N-dealkylation sites (tertiary alicyclic amines) is 1. The molecule has 2 N–H and O–H groups in total. The van der Waals surface area contributed by atoms with E-state index in [2.05, 4.69) is 26.7 Å². The molecule has 41 heavy (non-hydrogen) atoms. The number of halogens is 2. The third kappa shape index (κ3) is 6.20. The number of ether oxygens (including phenoxy) is 1. The average Bonchev–Trinajstić information content (AvgIpc) is 3.62. The van der Waals surface area contributed by atoms with Gasteiger partial charge in [-0.15, -0.1) is 0 Å². The van der Waals surface area contributed by atoms with Crippen LogP contribution in [0.3, 0.4) is 0 Å². The van der Waals surface area contributed by atoms with Crippen LogP contribution in [0.25, 0.3) is 17.0 Å². The van der Waals surface area contributed by atoms with Crippen molar-refractivity contribution < 1.29 is 14.2 Å². The van der Waals surface area contributed by atoms with Gasteiger partial charge in [0.05, 0.1) is 6.61 Å². The average molecular weight is 578 g/mol. The fraction of sp³-hybridized carbons (Fsp3) is 0.438. The van der Waals surface area contributed by atoms with E-state index in [9.17, 15) is 5.11 Å². The molecule has 3 aliphatic rings. The molecule has 2 aromatic carbocycles. The van der Waals surface area contributed by atoms with E-state index in [4.69, 9.17) is 21.3 Å². The van der Waals surface area contributed by atoms with Crippen molar-refractivity contribution in [1.82, 2.24) is 20.2 Å². The first-order valence-electron chi connectivity index (χ1n) is 14.6. The Morgan fingerprint density at radius 2 is 1.93 bits per heavy atom. The van der Waals surface area contributed by atoms with Gasteiger partial charge in [-0.1, -0.05) is 42.4 Å². The van der Waals surface area contributed by atoms with Crippen molar-refractivity contribution in [1.29, 1.82) is 0 Å². The highest BCUT2D eigenvalue weighted by molar-refractivity contribution is 6.32. The highest BCUT2D eigenvalue weighted by atomic mass is 35.5. The molecule has 2 atom stereocenters. The van der Waals surface area contributed by atoms with Crippen molar-refractivity contribution in [3.8, 4) is 6.01 Å². The Bertz CT molecular complexity index is 1450. The molecule has 3 fully saturated rings. The second kappa shape index (κ2) is 12.3. The molecule has 0 radical (unpaired) electrons. The number of nitrogens with zero attached hydrogens (tertiary/aromatic N) is 4. The van der Waals surface area contributed by atoms with E-state index >= 15 is 4.39 Å². The van der Waals surface area contributed by atoms with Gasteiger partial charge in [0.1, 0.15) is 17.1 Å². The molecule has 9 heteroatoms. The van der Waals surface area contributed by atoms with Crippen LogP contribution in [0.15, 0.2) is 48.7 Å². The van der Waals surface area contributed by atoms with Crippen LogP contribution >= 0.6 is 11.6 Å². The molecule has 0 amide bonds. The molecule has 0 spiro atoms. The quantitative estimate of drug-likeness (QED) is 0.176. The Balaban J connectivity index is 1.35. The van der Waals surface area contributed by atoms with Crippen LogP contribution in [-0.4, -0.2) is 71.4 Å². The van der Waals surface area contributed by atoms with E-state index in [1.54, 1.807) is 12.1 Å². The zero-order valence-corrected chi connectivity index (χ0v) is 24.0. The van der Waals surface area contributed by atoms with Gasteiger partial charge in [0.2, 0.25) is 0 Å². The Morgan fingerprint density at radius 1 is 1.17 bits per heavy atom. The maximum atomic E-state index is 16.4. The lowest BCUT2D eigenvalue weighted by molar-refractivity contribution is 0.250. The molecular weight excluding hydrogens is 541 g/mol. The highest BCUT2D eigenvalue weighted by Gasteiger charge is 2.34. The van der Waals surface area contributed by atoms with E-state index in [-0.39, 0.29) is 23.7 Å². The normalized spacial score (nSPS) is 21.1. The van der Waals surface area contributed by atoms with Crippen LogP contribution in [0.1, 0.15) is 48.8 Å². The Kier molecular flexibility index (Phi) is 8.42. The van der Waals surface area contributed by atoms with E-state index in [0.717, 1.165) is 63.1 Å². The molecule has 2 unspecified atom stereocenters. The summed E-state index contributed by atoms with van der Waals surface area (Å²) in [5, 5.41) is 14.6. The zero-order chi connectivity index (χ0) is 28.3. The van der Waals surface area contributed by atoms with Crippen molar-refractivity contribution in [2.24, 2.45) is 0 Å². The van der Waals surface area contributed by atoms with Crippen LogP contribution in [0, 0.1) is 5.82 Å². The van der Waals surface area contributed by atoms with Gasteiger partial charge < -0.3 is 25.0 Å². The lowest BCUT2D eigenvalue weighted by Gasteiger charge is -2.34. The summed E-state index contributed by atoms with van der Waals surface area (Å²) in [5.41, 5.74) is 2.16. The van der Waals surface area contributed by atoms with Crippen LogP contribution in [-0.2, 0) is 6.42 Å². The fourth-order valence-corrected chi connectivity index (χ4v) is 6.60. The highest BCUT2D eigenvalue weighted by Crippen LogP contribution is 2.36. The Morgan fingerprint density at radius 3 is 2.68 bits per heavy atom. The summed E-state index contributed by atoms with van der Waals surface area (Å²) < 4.78 is 22.5. The molecule has 7 nitrogen and oxygen atoms in total. The predicted octanol–water partition coefficient (Wildman–Crippen LogP) is 5.90. The van der Waals surface area contributed by atoms with Crippen molar-refractivity contribution in [3.05, 3.63) is 76.3 Å². The number of benzene rings is 2. The standard InChI is InChI=1S/C32H37ClFN5O2/c1-2-25(40)16-21-8-3-4-9-22(21)17-26-28(33)18-27-30(29(26)34)36-32(41-15-7-14-38-12-5-6-13-38)37-31(27)39-19-23-10-11-24(20-39)35-23/h2-4,8-9,16,18,23-24,35,40H,1,5-7,10-15,17,19-20H2/b25-16+. The second-order valence-electron chi connectivity index (χ2n) is 11.3. The molecule has 3 aromatic rings. The van der Waals surface area contributed by atoms with Gasteiger partial charge in [-0.05, 0) is 74.5 Å². The van der Waals surface area contributed by atoms with Crippen molar-refractivity contribution >= 4 is 34.4 Å². The molecular formula is C32H37ClFN5O2. The van der Waals surface area contributed by atoms with Crippen molar-refractivity contribution in [2.75, 3.05) is 44.2 Å². The number of rotatable bonds is 10. The van der Waals surface area contributed by atoms with Crippen molar-refractivity contribution in [2.45, 2.75) is 50.6 Å². The minimum absolute atomic E-state index is 0.0384. The molecule has 3 aliphatic heterocycles. The summed E-state index contributed by atoms with van der Waals surface area (Å²) in [7, 11) is 0. The largest absolute Gasteiger partial charge is 0.508 e. The number of fused-ring (bicyclic) bond motifs is 3. The number of hydrogen-bond donors (Lipinski definition) is 2. The van der Waals surface area contributed by atoms with Gasteiger partial charge in [0, 0.05) is 54.1 Å². The lowest BCUT2D eigenvalue weighted by atomic mass is 9.97. The van der Waals surface area contributed by atoms with E-state index in [0.29, 0.717) is 40.5 Å². The maximum Gasteiger partial charge on any atom is 0.319 e. The Hall–Kier alpha value is -3.20. The Labute approximate surface area is 245 Å². The number of anilines is 1. The minimum atomic E-state index is -0.470. The summed E-state index contributed by atoms with van der Waals surface area (Å²) >= 11 is 6.79. The van der Waals surface area contributed by atoms with Crippen LogP contribution < -0.4 is 15.0 Å². The summed E-state index contributed by atoms with van der Waals surface area (Å²) in [6.45, 7) is 8.94. The van der Waals surface area contributed by atoms with Crippen LogP contribution in [0.2, 0.25) is 5.02 Å². The number of aromatic nitrogens is 2. The molecule has 6 rings (SSSR count). The van der Waals surface area contributed by atoms with E-state index in [1.807, 2.05) is 24.3 Å². The van der Waals surface area contributed by atoms with Gasteiger partial charge in [-0.2, -0.15) is 9.97 Å². The van der Waals surface area contributed by atoms with Crippen LogP contribution in [0.4, 0.5) is 10.2 Å². The fourth-order valence-electron chi connectivity index (χ4n) is 6.34. The molecule has 216 valence electrons. The molecule has 2 bridgehead atoms. The van der Waals surface area contributed by atoms with Gasteiger partial charge in [0.15, 0.2) is 5.82 Å². The first-order chi connectivity index (χ1) is 20.0. The molecule has 3 saturated heterocycles. The van der Waals surface area contributed by atoms with Crippen LogP contribution in [0.5, 0.6) is 6.01 Å². The second-order valence-corrected chi connectivity index (χ2v) is 11.7. The molecule has 1 aromatic heterocycles. The molecule has 0 saturated carbocycles. The van der Waals surface area contributed by atoms with Gasteiger partial charge in [0.25, 0.3) is 0 Å². The first kappa shape index (κ1) is 27.9. The monoisotopic (exact) mass is 577 g/mol. The topological polar surface area (TPSA) is 73.8 Å². The predicted molar refractivity (Wildman–Crippen MR) is 163 cm³/mol. The number of nitrogens with one attached hydrogen (secondary N) is 1. The smallest absolute Gasteiger partial charge is 0.319 e. The summed E-state index contributed by atoms with van der Waals surface area (Å²) in [6, 6.07) is 10.3. The molecule has 0 aliphatic carbocycles. The van der Waals surface area contributed by atoms with E-state index < -0.39 is 5.82 Å². The third-order valence-electron chi connectivity index (χ3n) is 8.44. The lowest BCUT2D eigenvalue weighted by Crippen LogP contribution is -2.51.